The lowest BCUT2D eigenvalue weighted by Crippen LogP contribution is -2.46. The van der Waals surface area contributed by atoms with E-state index in [1.807, 2.05) is 20.8 Å². The highest BCUT2D eigenvalue weighted by atomic mass is 16.6. The molecule has 4 rings (SSSR count). The van der Waals surface area contributed by atoms with Crippen LogP contribution in [0.3, 0.4) is 0 Å². The van der Waals surface area contributed by atoms with Crippen molar-refractivity contribution < 1.29 is 38.9 Å². The molecule has 4 heterocycles. The second-order valence-corrected chi connectivity index (χ2v) is 10.9. The number of likely N-dealkylation sites (tertiary alicyclic amines) is 1. The third-order valence-electron chi connectivity index (χ3n) is 7.33. The number of fused-ring (bicyclic) bond motifs is 5. The number of hydrogen-bond donors (Lipinski definition) is 2. The minimum absolute atomic E-state index is 0.00825. The van der Waals surface area contributed by atoms with E-state index in [0.717, 1.165) is 0 Å². The number of carbonyl (C=O) groups is 4. The molecule has 2 bridgehead atoms. The molecule has 6 unspecified atom stereocenters. The van der Waals surface area contributed by atoms with Crippen LogP contribution in [0.25, 0.3) is 0 Å². The summed E-state index contributed by atoms with van der Waals surface area (Å²) in [5.74, 6) is -2.22. The molecule has 2 N–H and O–H groups in total. The summed E-state index contributed by atoms with van der Waals surface area (Å²) in [7, 11) is 0. The highest BCUT2D eigenvalue weighted by molar-refractivity contribution is 6.12. The van der Waals surface area contributed by atoms with Crippen LogP contribution in [0.2, 0.25) is 0 Å². The fourth-order valence-electron chi connectivity index (χ4n) is 5.83. The number of nitrogens with zero attached hydrogens (tertiary/aromatic N) is 2. The Morgan fingerprint density at radius 1 is 1.14 bits per heavy atom. The van der Waals surface area contributed by atoms with E-state index in [1.54, 1.807) is 12.2 Å². The minimum Gasteiger partial charge on any atom is -0.394 e. The average molecular weight is 491 g/mol. The highest BCUT2D eigenvalue weighted by Gasteiger charge is 2.67. The lowest BCUT2D eigenvalue weighted by Gasteiger charge is -2.33. The minimum atomic E-state index is -1.05. The van der Waals surface area contributed by atoms with Gasteiger partial charge in [-0.05, 0) is 24.2 Å². The van der Waals surface area contributed by atoms with Crippen LogP contribution in [-0.2, 0) is 28.7 Å². The Balaban J connectivity index is 1.36. The van der Waals surface area contributed by atoms with Crippen LogP contribution in [0.1, 0.15) is 33.6 Å². The Kier molecular flexibility index (Phi) is 7.02. The van der Waals surface area contributed by atoms with E-state index < -0.39 is 36.3 Å². The fourth-order valence-corrected chi connectivity index (χ4v) is 5.83. The standard InChI is InChI=1S/C25H34N2O8/c1-15(7-9-26-18(30)4-5-19(26)31)10-24(2,3)13-27-22(32)20-17-6-8-25(35-17,21(20)23(27)33)14-34-12-16(29)11-28/h4-6,8,15-17,20-21,28-29H,7,9-14H2,1-3H3. The number of aliphatic hydroxyl groups excluding tert-OH is 2. The van der Waals surface area contributed by atoms with E-state index in [9.17, 15) is 24.3 Å². The van der Waals surface area contributed by atoms with Gasteiger partial charge in [0.2, 0.25) is 11.8 Å². The van der Waals surface area contributed by atoms with Crippen molar-refractivity contribution in [2.24, 2.45) is 23.2 Å². The summed E-state index contributed by atoms with van der Waals surface area (Å²) in [5, 5.41) is 18.5. The summed E-state index contributed by atoms with van der Waals surface area (Å²) in [5.41, 5.74) is -1.42. The van der Waals surface area contributed by atoms with Gasteiger partial charge in [0.15, 0.2) is 0 Å². The van der Waals surface area contributed by atoms with Crippen molar-refractivity contribution in [2.75, 3.05) is 32.9 Å². The molecule has 0 spiro atoms. The lowest BCUT2D eigenvalue weighted by atomic mass is 9.77. The van der Waals surface area contributed by atoms with E-state index >= 15 is 0 Å². The van der Waals surface area contributed by atoms with E-state index in [1.165, 1.54) is 22.0 Å². The zero-order chi connectivity index (χ0) is 25.5. The molecule has 4 amide bonds. The van der Waals surface area contributed by atoms with Gasteiger partial charge in [-0.3, -0.25) is 29.0 Å². The van der Waals surface area contributed by atoms with Crippen molar-refractivity contribution >= 4 is 23.6 Å². The predicted molar refractivity (Wildman–Crippen MR) is 122 cm³/mol. The van der Waals surface area contributed by atoms with Crippen LogP contribution in [0.5, 0.6) is 0 Å². The molecule has 4 aliphatic heterocycles. The van der Waals surface area contributed by atoms with Crippen LogP contribution in [-0.4, -0.2) is 94.4 Å². The molecule has 0 aromatic rings. The van der Waals surface area contributed by atoms with E-state index in [0.29, 0.717) is 19.4 Å². The van der Waals surface area contributed by atoms with Gasteiger partial charge < -0.3 is 19.7 Å². The third-order valence-corrected chi connectivity index (χ3v) is 7.33. The molecule has 35 heavy (non-hydrogen) atoms. The Morgan fingerprint density at radius 3 is 2.49 bits per heavy atom. The van der Waals surface area contributed by atoms with Gasteiger partial charge in [-0.1, -0.05) is 32.9 Å². The fraction of sp³-hybridized carbons (Fsp3) is 0.680. The van der Waals surface area contributed by atoms with Gasteiger partial charge in [-0.15, -0.1) is 0 Å². The molecule has 0 saturated carbocycles. The first-order valence-corrected chi connectivity index (χ1v) is 12.1. The molecule has 6 atom stereocenters. The van der Waals surface area contributed by atoms with E-state index in [2.05, 4.69) is 0 Å². The molecule has 0 aliphatic carbocycles. The van der Waals surface area contributed by atoms with Gasteiger partial charge in [-0.2, -0.15) is 0 Å². The Morgan fingerprint density at radius 2 is 1.83 bits per heavy atom. The van der Waals surface area contributed by atoms with Crippen LogP contribution in [0, 0.1) is 23.2 Å². The van der Waals surface area contributed by atoms with Crippen molar-refractivity contribution in [1.82, 2.24) is 9.80 Å². The van der Waals surface area contributed by atoms with Crippen LogP contribution >= 0.6 is 0 Å². The monoisotopic (exact) mass is 490 g/mol. The van der Waals surface area contributed by atoms with Gasteiger partial charge in [0.1, 0.15) is 11.7 Å². The van der Waals surface area contributed by atoms with Gasteiger partial charge in [-0.25, -0.2) is 0 Å². The van der Waals surface area contributed by atoms with E-state index in [-0.39, 0.29) is 54.7 Å². The number of rotatable bonds is 12. The molecule has 0 radical (unpaired) electrons. The van der Waals surface area contributed by atoms with Crippen LogP contribution in [0.15, 0.2) is 24.3 Å². The summed E-state index contributed by atoms with van der Waals surface area (Å²) in [6.45, 7) is 6.12. The first kappa shape index (κ1) is 25.7. The van der Waals surface area contributed by atoms with Gasteiger partial charge >= 0.3 is 0 Å². The molecule has 192 valence electrons. The quantitative estimate of drug-likeness (QED) is 0.289. The molecule has 2 fully saturated rings. The molecule has 0 aromatic heterocycles. The van der Waals surface area contributed by atoms with Crippen LogP contribution in [0.4, 0.5) is 0 Å². The first-order valence-electron chi connectivity index (χ1n) is 12.1. The lowest BCUT2D eigenvalue weighted by molar-refractivity contribution is -0.148. The van der Waals surface area contributed by atoms with Crippen molar-refractivity contribution in [3.8, 4) is 0 Å². The topological polar surface area (TPSA) is 134 Å². The number of aliphatic hydroxyl groups is 2. The maximum absolute atomic E-state index is 13.4. The van der Waals surface area contributed by atoms with E-state index in [4.69, 9.17) is 14.6 Å². The SMILES string of the molecule is CC(CCN1C(=O)C=CC1=O)CC(C)(C)CN1C(=O)C2C3C=CC(COCC(O)CO)(O3)C2C1=O. The Labute approximate surface area is 204 Å². The maximum Gasteiger partial charge on any atom is 0.253 e. The molecular formula is C25H34N2O8. The predicted octanol–water partition coefficient (Wildman–Crippen LogP) is 0.0323. The normalized spacial score (nSPS) is 31.3. The highest BCUT2D eigenvalue weighted by Crippen LogP contribution is 2.52. The molecule has 10 nitrogen and oxygen atoms in total. The Hall–Kier alpha value is -2.40. The van der Waals surface area contributed by atoms with Crippen molar-refractivity contribution in [3.63, 3.8) is 0 Å². The molecule has 10 heteroatoms. The van der Waals surface area contributed by atoms with Gasteiger partial charge in [0, 0.05) is 25.2 Å². The van der Waals surface area contributed by atoms with Crippen LogP contribution < -0.4 is 0 Å². The zero-order valence-corrected chi connectivity index (χ0v) is 20.4. The zero-order valence-electron chi connectivity index (χ0n) is 20.4. The largest absolute Gasteiger partial charge is 0.394 e. The van der Waals surface area contributed by atoms with Gasteiger partial charge in [0.25, 0.3) is 11.8 Å². The average Bonchev–Trinajstić information content (AvgIpc) is 3.51. The molecular weight excluding hydrogens is 456 g/mol. The van der Waals surface area contributed by atoms with Crippen molar-refractivity contribution in [2.45, 2.75) is 51.4 Å². The number of imide groups is 2. The number of amides is 4. The van der Waals surface area contributed by atoms with Gasteiger partial charge in [0.05, 0.1) is 37.8 Å². The first-order chi connectivity index (χ1) is 16.5. The third kappa shape index (κ3) is 4.84. The van der Waals surface area contributed by atoms with Crippen molar-refractivity contribution in [1.29, 1.82) is 0 Å². The molecule has 4 aliphatic rings. The summed E-state index contributed by atoms with van der Waals surface area (Å²) in [6, 6.07) is 0. The smallest absolute Gasteiger partial charge is 0.253 e. The number of ether oxygens (including phenoxy) is 2. The summed E-state index contributed by atoms with van der Waals surface area (Å²) in [4.78, 5) is 52.8. The maximum atomic E-state index is 13.4. The van der Waals surface area contributed by atoms with Crippen molar-refractivity contribution in [3.05, 3.63) is 24.3 Å². The summed E-state index contributed by atoms with van der Waals surface area (Å²) < 4.78 is 11.5. The second kappa shape index (κ2) is 9.57. The summed E-state index contributed by atoms with van der Waals surface area (Å²) >= 11 is 0. The number of carbonyl (C=O) groups excluding carboxylic acids is 4. The Bertz CT molecular complexity index is 941. The summed E-state index contributed by atoms with van der Waals surface area (Å²) in [6.07, 6.45) is 5.95. The second-order valence-electron chi connectivity index (χ2n) is 10.9. The molecule has 2 saturated heterocycles. The number of hydrogen-bond acceptors (Lipinski definition) is 8. The molecule has 0 aromatic carbocycles.